The molecule has 0 spiro atoms. The molecule has 4 aromatic rings. The Morgan fingerprint density at radius 2 is 1.96 bits per heavy atom. The number of benzene rings is 2. The Kier molecular flexibility index (Phi) is 4.54. The molecule has 0 saturated heterocycles. The van der Waals surface area contributed by atoms with Crippen LogP contribution in [0.4, 0.5) is 13.2 Å². The van der Waals surface area contributed by atoms with Gasteiger partial charge in [0.15, 0.2) is 5.82 Å². The number of aromatic nitrogens is 6. The molecule has 0 radical (unpaired) electrons. The van der Waals surface area contributed by atoms with Gasteiger partial charge in [0.25, 0.3) is 0 Å². The Balaban J connectivity index is 1.82. The molecule has 4 rings (SSSR count). The fourth-order valence-electron chi connectivity index (χ4n) is 3.08. The third-order valence-electron chi connectivity index (χ3n) is 4.49. The quantitative estimate of drug-likeness (QED) is 0.552. The summed E-state index contributed by atoms with van der Waals surface area (Å²) in [4.78, 5) is 0. The first-order valence-electron chi connectivity index (χ1n) is 8.35. The Bertz CT molecular complexity index is 1130. The van der Waals surface area contributed by atoms with Crippen molar-refractivity contribution in [3.8, 4) is 0 Å². The van der Waals surface area contributed by atoms with Crippen LogP contribution >= 0.6 is 11.6 Å². The van der Waals surface area contributed by atoms with E-state index in [9.17, 15) is 13.2 Å². The lowest BCUT2D eigenvalue weighted by molar-refractivity contribution is -0.137. The van der Waals surface area contributed by atoms with Crippen LogP contribution in [0.15, 0.2) is 36.4 Å². The first-order chi connectivity index (χ1) is 13.3. The van der Waals surface area contributed by atoms with Gasteiger partial charge in [0, 0.05) is 10.4 Å². The molecule has 2 aromatic carbocycles. The van der Waals surface area contributed by atoms with Gasteiger partial charge in [-0.25, -0.2) is 0 Å². The highest BCUT2D eigenvalue weighted by Gasteiger charge is 2.31. The van der Waals surface area contributed by atoms with Gasteiger partial charge in [-0.15, -0.1) is 10.2 Å². The maximum absolute atomic E-state index is 13.2. The molecule has 10 heteroatoms. The van der Waals surface area contributed by atoms with E-state index in [0.29, 0.717) is 34.0 Å². The van der Waals surface area contributed by atoms with Gasteiger partial charge in [-0.2, -0.15) is 23.5 Å². The zero-order chi connectivity index (χ0) is 19.9. The number of aryl methyl sites for hydroxylation is 1. The lowest BCUT2D eigenvalue weighted by Gasteiger charge is -2.10. The summed E-state index contributed by atoms with van der Waals surface area (Å²) in [7, 11) is 0. The number of nitrogens with zero attached hydrogens (tertiary/aromatic N) is 5. The molecule has 0 aliphatic carbocycles. The van der Waals surface area contributed by atoms with Crippen LogP contribution in [0.5, 0.6) is 0 Å². The van der Waals surface area contributed by atoms with Crippen LogP contribution < -0.4 is 0 Å². The lowest BCUT2D eigenvalue weighted by atomic mass is 10.1. The van der Waals surface area contributed by atoms with Crippen LogP contribution in [0, 0.1) is 6.92 Å². The first kappa shape index (κ1) is 18.4. The van der Waals surface area contributed by atoms with Crippen LogP contribution in [0.3, 0.4) is 0 Å². The van der Waals surface area contributed by atoms with Crippen molar-refractivity contribution in [2.75, 3.05) is 0 Å². The van der Waals surface area contributed by atoms with E-state index in [2.05, 4.69) is 25.7 Å². The zero-order valence-electron chi connectivity index (χ0n) is 14.6. The summed E-state index contributed by atoms with van der Waals surface area (Å²) >= 11 is 6.00. The zero-order valence-corrected chi connectivity index (χ0v) is 15.4. The van der Waals surface area contributed by atoms with Crippen molar-refractivity contribution in [3.05, 3.63) is 69.6 Å². The third-order valence-corrected chi connectivity index (χ3v) is 4.73. The van der Waals surface area contributed by atoms with Gasteiger partial charge in [-0.3, -0.25) is 4.68 Å². The number of nitrogens with one attached hydrogen (secondary N) is 1. The van der Waals surface area contributed by atoms with Gasteiger partial charge in [0.05, 0.1) is 29.7 Å². The highest BCUT2D eigenvalue weighted by molar-refractivity contribution is 6.30. The van der Waals surface area contributed by atoms with Gasteiger partial charge in [-0.1, -0.05) is 28.9 Å². The molecule has 2 aromatic heterocycles. The van der Waals surface area contributed by atoms with Crippen LogP contribution in [0.25, 0.3) is 10.9 Å². The van der Waals surface area contributed by atoms with E-state index in [-0.39, 0.29) is 6.42 Å². The predicted molar refractivity (Wildman–Crippen MR) is 97.0 cm³/mol. The number of hydrogen-bond acceptors (Lipinski definition) is 4. The second-order valence-electron chi connectivity index (χ2n) is 6.41. The number of H-pyrrole nitrogens is 1. The fraction of sp³-hybridized carbons (Fsp3) is 0.222. The van der Waals surface area contributed by atoms with Gasteiger partial charge in [0.2, 0.25) is 0 Å². The molecule has 2 heterocycles. The van der Waals surface area contributed by atoms with Crippen molar-refractivity contribution < 1.29 is 13.2 Å². The molecule has 6 nitrogen and oxygen atoms in total. The average molecular weight is 407 g/mol. The van der Waals surface area contributed by atoms with Crippen LogP contribution in [0.1, 0.15) is 28.2 Å². The summed E-state index contributed by atoms with van der Waals surface area (Å²) in [6, 6.07) is 9.01. The number of alkyl halides is 3. The van der Waals surface area contributed by atoms with Crippen molar-refractivity contribution in [3.63, 3.8) is 0 Å². The molecule has 0 fully saturated rings. The normalized spacial score (nSPS) is 12.0. The topological polar surface area (TPSA) is 72.3 Å². The number of aromatic amines is 1. The fourth-order valence-corrected chi connectivity index (χ4v) is 3.30. The molecule has 0 saturated carbocycles. The first-order valence-corrected chi connectivity index (χ1v) is 8.73. The van der Waals surface area contributed by atoms with Crippen LogP contribution in [-0.2, 0) is 19.1 Å². The maximum Gasteiger partial charge on any atom is 0.416 e. The minimum Gasteiger partial charge on any atom is -0.260 e. The molecule has 0 amide bonds. The van der Waals surface area contributed by atoms with Crippen molar-refractivity contribution in [1.29, 1.82) is 0 Å². The number of tetrazole rings is 1. The van der Waals surface area contributed by atoms with E-state index in [1.54, 1.807) is 10.7 Å². The molecular formula is C18H14ClF3N6. The second kappa shape index (κ2) is 6.90. The standard InChI is InChI=1S/C18H14ClF3N6/c1-10-6-13(19)4-2-11(10)9-28-16-7-12(18(20,21)22)3-5-14(16)15(25-28)8-17-23-26-27-24-17/h2-7H,8-9H2,1H3,(H,23,24,26,27). The monoisotopic (exact) mass is 406 g/mol. The molecule has 144 valence electrons. The maximum atomic E-state index is 13.2. The summed E-state index contributed by atoms with van der Waals surface area (Å²) in [5.74, 6) is 0.411. The molecule has 0 bridgehead atoms. The lowest BCUT2D eigenvalue weighted by Crippen LogP contribution is -2.07. The Morgan fingerprint density at radius 1 is 1.14 bits per heavy atom. The number of fused-ring (bicyclic) bond motifs is 1. The smallest absolute Gasteiger partial charge is 0.260 e. The van der Waals surface area contributed by atoms with Gasteiger partial charge in [-0.05, 0) is 42.3 Å². The summed E-state index contributed by atoms with van der Waals surface area (Å²) in [5, 5.41) is 19.4. The van der Waals surface area contributed by atoms with Crippen molar-refractivity contribution in [1.82, 2.24) is 30.4 Å². The Hall–Kier alpha value is -2.94. The van der Waals surface area contributed by atoms with E-state index in [1.807, 2.05) is 19.1 Å². The van der Waals surface area contributed by atoms with Crippen LogP contribution in [-0.4, -0.2) is 30.4 Å². The Labute approximate surface area is 162 Å². The van der Waals surface area contributed by atoms with E-state index >= 15 is 0 Å². The molecule has 28 heavy (non-hydrogen) atoms. The predicted octanol–water partition coefficient (Wildman–Crippen LogP) is 4.17. The van der Waals surface area contributed by atoms with Crippen LogP contribution in [0.2, 0.25) is 5.02 Å². The molecule has 0 aliphatic heterocycles. The molecule has 0 atom stereocenters. The van der Waals surface area contributed by atoms with Crippen molar-refractivity contribution >= 4 is 22.5 Å². The minimum absolute atomic E-state index is 0.255. The number of rotatable bonds is 4. The molecule has 1 N–H and O–H groups in total. The summed E-state index contributed by atoms with van der Waals surface area (Å²) in [6.45, 7) is 2.21. The number of halogens is 4. The Morgan fingerprint density at radius 3 is 2.64 bits per heavy atom. The van der Waals surface area contributed by atoms with E-state index in [4.69, 9.17) is 11.6 Å². The van der Waals surface area contributed by atoms with Crippen molar-refractivity contribution in [2.24, 2.45) is 0 Å². The largest absolute Gasteiger partial charge is 0.416 e. The van der Waals surface area contributed by atoms with Crippen molar-refractivity contribution in [2.45, 2.75) is 26.1 Å². The average Bonchev–Trinajstić information content (AvgIpc) is 3.25. The highest BCUT2D eigenvalue weighted by atomic mass is 35.5. The van der Waals surface area contributed by atoms with E-state index in [0.717, 1.165) is 23.3 Å². The van der Waals surface area contributed by atoms with E-state index < -0.39 is 11.7 Å². The highest BCUT2D eigenvalue weighted by Crippen LogP contribution is 2.33. The van der Waals surface area contributed by atoms with E-state index in [1.165, 1.54) is 6.07 Å². The molecule has 0 aliphatic rings. The third kappa shape index (κ3) is 3.57. The SMILES string of the molecule is Cc1cc(Cl)ccc1Cn1nc(Cc2nn[nH]n2)c2ccc(C(F)(F)F)cc21. The molecular weight excluding hydrogens is 393 g/mol. The second-order valence-corrected chi connectivity index (χ2v) is 6.85. The summed E-state index contributed by atoms with van der Waals surface area (Å²) in [5.41, 5.74) is 2.10. The molecule has 0 unspecified atom stereocenters. The minimum atomic E-state index is -4.44. The van der Waals surface area contributed by atoms with Gasteiger partial charge >= 0.3 is 6.18 Å². The van der Waals surface area contributed by atoms with Gasteiger partial charge < -0.3 is 0 Å². The summed E-state index contributed by atoms with van der Waals surface area (Å²) < 4.78 is 41.2. The van der Waals surface area contributed by atoms with Gasteiger partial charge in [0.1, 0.15) is 0 Å². The number of hydrogen-bond donors (Lipinski definition) is 1. The summed E-state index contributed by atoms with van der Waals surface area (Å²) in [6.07, 6.45) is -4.18.